The highest BCUT2D eigenvalue weighted by Gasteiger charge is 2.19. The van der Waals surface area contributed by atoms with E-state index in [4.69, 9.17) is 16.3 Å². The van der Waals surface area contributed by atoms with Crippen LogP contribution in [0.25, 0.3) is 0 Å². The van der Waals surface area contributed by atoms with Gasteiger partial charge in [0.15, 0.2) is 5.78 Å². The minimum atomic E-state index is 0.0201. The second kappa shape index (κ2) is 6.95. The Balaban J connectivity index is 3.11. The van der Waals surface area contributed by atoms with Crippen molar-refractivity contribution in [1.82, 2.24) is 0 Å². The van der Waals surface area contributed by atoms with Gasteiger partial charge in [-0.15, -0.1) is 11.6 Å². The number of ketones is 1. The van der Waals surface area contributed by atoms with Gasteiger partial charge in [-0.25, -0.2) is 0 Å². The van der Waals surface area contributed by atoms with Crippen molar-refractivity contribution in [3.05, 3.63) is 29.3 Å². The van der Waals surface area contributed by atoms with Crippen LogP contribution >= 0.6 is 11.6 Å². The maximum atomic E-state index is 12.2. The molecule has 106 valence electrons. The van der Waals surface area contributed by atoms with Crippen molar-refractivity contribution < 1.29 is 9.53 Å². The number of rotatable bonds is 6. The fourth-order valence-electron chi connectivity index (χ4n) is 1.86. The molecule has 0 fully saturated rings. The third-order valence-corrected chi connectivity index (χ3v) is 3.25. The predicted molar refractivity (Wildman–Crippen MR) is 80.6 cm³/mol. The first-order valence-corrected chi connectivity index (χ1v) is 7.30. The normalized spacial score (nSPS) is 11.4. The van der Waals surface area contributed by atoms with Gasteiger partial charge in [-0.3, -0.25) is 4.79 Å². The van der Waals surface area contributed by atoms with Crippen LogP contribution in [0.15, 0.2) is 18.2 Å². The Labute approximate surface area is 121 Å². The van der Waals surface area contributed by atoms with Gasteiger partial charge < -0.3 is 4.74 Å². The van der Waals surface area contributed by atoms with Crippen molar-refractivity contribution in [2.45, 2.75) is 46.0 Å². The number of hydrogen-bond donors (Lipinski definition) is 0. The van der Waals surface area contributed by atoms with Crippen LogP contribution in [-0.4, -0.2) is 18.3 Å². The molecule has 3 heteroatoms. The van der Waals surface area contributed by atoms with Gasteiger partial charge in [-0.05, 0) is 36.5 Å². The molecule has 0 aliphatic heterocycles. The lowest BCUT2D eigenvalue weighted by Gasteiger charge is -2.21. The van der Waals surface area contributed by atoms with Crippen molar-refractivity contribution >= 4 is 17.4 Å². The van der Waals surface area contributed by atoms with Crippen molar-refractivity contribution in [3.8, 4) is 5.75 Å². The van der Waals surface area contributed by atoms with Crippen LogP contribution in [0.3, 0.4) is 0 Å². The zero-order valence-corrected chi connectivity index (χ0v) is 13.0. The average molecular weight is 283 g/mol. The Hall–Kier alpha value is -1.02. The molecule has 0 unspecified atom stereocenters. The molecule has 0 saturated carbocycles. The van der Waals surface area contributed by atoms with Gasteiger partial charge in [-0.2, -0.15) is 0 Å². The summed E-state index contributed by atoms with van der Waals surface area (Å²) >= 11 is 5.65. The lowest BCUT2D eigenvalue weighted by Crippen LogP contribution is -2.13. The SMILES string of the molecule is CCOc1ccc(C(C)(C)C)cc1C(=O)CCCCl. The number of hydrogen-bond acceptors (Lipinski definition) is 2. The molecule has 0 radical (unpaired) electrons. The van der Waals surface area contributed by atoms with Crippen LogP contribution in [0.1, 0.15) is 56.5 Å². The Morgan fingerprint density at radius 1 is 1.32 bits per heavy atom. The molecule has 1 rings (SSSR count). The van der Waals surface area contributed by atoms with E-state index in [1.165, 1.54) is 0 Å². The summed E-state index contributed by atoms with van der Waals surface area (Å²) in [5, 5.41) is 0. The first-order valence-electron chi connectivity index (χ1n) is 6.76. The molecule has 1 aromatic carbocycles. The molecule has 0 aliphatic rings. The third kappa shape index (κ3) is 4.54. The molecule has 0 heterocycles. The molecule has 0 spiro atoms. The Morgan fingerprint density at radius 2 is 2.00 bits per heavy atom. The fourth-order valence-corrected chi connectivity index (χ4v) is 1.99. The van der Waals surface area contributed by atoms with Crippen molar-refractivity contribution in [2.75, 3.05) is 12.5 Å². The van der Waals surface area contributed by atoms with Crippen LogP contribution in [0.2, 0.25) is 0 Å². The van der Waals surface area contributed by atoms with Crippen molar-refractivity contribution in [1.29, 1.82) is 0 Å². The summed E-state index contributed by atoms with van der Waals surface area (Å²) in [6, 6.07) is 5.89. The fraction of sp³-hybridized carbons (Fsp3) is 0.562. The summed E-state index contributed by atoms with van der Waals surface area (Å²) < 4.78 is 5.55. The number of alkyl halides is 1. The summed E-state index contributed by atoms with van der Waals surface area (Å²) in [7, 11) is 0. The first kappa shape index (κ1) is 16.0. The predicted octanol–water partition coefficient (Wildman–Crippen LogP) is 4.58. The minimum Gasteiger partial charge on any atom is -0.493 e. The molecule has 0 aliphatic carbocycles. The maximum absolute atomic E-state index is 12.2. The van der Waals surface area contributed by atoms with Gasteiger partial charge in [0.05, 0.1) is 12.2 Å². The number of carbonyl (C=O) groups excluding carboxylic acids is 1. The number of halogens is 1. The summed E-state index contributed by atoms with van der Waals surface area (Å²) in [5.41, 5.74) is 1.84. The topological polar surface area (TPSA) is 26.3 Å². The summed E-state index contributed by atoms with van der Waals surface area (Å²) in [6.45, 7) is 8.89. The summed E-state index contributed by atoms with van der Waals surface area (Å²) in [4.78, 5) is 12.2. The number of carbonyl (C=O) groups is 1. The average Bonchev–Trinajstić information content (AvgIpc) is 2.35. The van der Waals surface area contributed by atoms with E-state index in [2.05, 4.69) is 20.8 Å². The van der Waals surface area contributed by atoms with E-state index in [1.807, 2.05) is 25.1 Å². The van der Waals surface area contributed by atoms with Gasteiger partial charge in [0, 0.05) is 12.3 Å². The van der Waals surface area contributed by atoms with E-state index in [0.717, 1.165) is 5.56 Å². The monoisotopic (exact) mass is 282 g/mol. The van der Waals surface area contributed by atoms with Crippen LogP contribution in [-0.2, 0) is 5.41 Å². The standard InChI is InChI=1S/C16H23ClO2/c1-5-19-15-9-8-12(16(2,3)4)11-13(15)14(18)7-6-10-17/h8-9,11H,5-7,10H2,1-4H3. The van der Waals surface area contributed by atoms with Gasteiger partial charge in [0.2, 0.25) is 0 Å². The van der Waals surface area contributed by atoms with E-state index in [0.29, 0.717) is 36.6 Å². The van der Waals surface area contributed by atoms with Gasteiger partial charge in [-0.1, -0.05) is 26.8 Å². The number of benzene rings is 1. The molecule has 0 aromatic heterocycles. The molecule has 0 N–H and O–H groups in total. The van der Waals surface area contributed by atoms with E-state index in [9.17, 15) is 4.79 Å². The van der Waals surface area contributed by atoms with Crippen molar-refractivity contribution in [2.24, 2.45) is 0 Å². The van der Waals surface area contributed by atoms with Crippen LogP contribution in [0, 0.1) is 0 Å². The number of Topliss-reactive ketones (excluding diaryl/α,β-unsaturated/α-hetero) is 1. The highest BCUT2D eigenvalue weighted by atomic mass is 35.5. The summed E-state index contributed by atoms with van der Waals surface area (Å²) in [6.07, 6.45) is 1.17. The first-order chi connectivity index (χ1) is 8.90. The minimum absolute atomic E-state index is 0.0201. The lowest BCUT2D eigenvalue weighted by atomic mass is 9.85. The van der Waals surface area contributed by atoms with Crippen molar-refractivity contribution in [3.63, 3.8) is 0 Å². The molecular formula is C16H23ClO2. The Morgan fingerprint density at radius 3 is 2.53 bits per heavy atom. The van der Waals surface area contributed by atoms with Crippen LogP contribution in [0.4, 0.5) is 0 Å². The Kier molecular flexibility index (Phi) is 5.86. The summed E-state index contributed by atoms with van der Waals surface area (Å²) in [5.74, 6) is 1.29. The quantitative estimate of drug-likeness (QED) is 0.564. The molecule has 2 nitrogen and oxygen atoms in total. The molecule has 0 atom stereocenters. The van der Waals surface area contributed by atoms with E-state index < -0.39 is 0 Å². The molecule has 19 heavy (non-hydrogen) atoms. The third-order valence-electron chi connectivity index (χ3n) is 2.98. The Bertz CT molecular complexity index is 433. The van der Waals surface area contributed by atoms with E-state index in [1.54, 1.807) is 0 Å². The highest BCUT2D eigenvalue weighted by Crippen LogP contribution is 2.29. The molecule has 1 aromatic rings. The van der Waals surface area contributed by atoms with E-state index in [-0.39, 0.29) is 11.2 Å². The second-order valence-electron chi connectivity index (χ2n) is 5.61. The zero-order valence-electron chi connectivity index (χ0n) is 12.3. The lowest BCUT2D eigenvalue weighted by molar-refractivity contribution is 0.0978. The second-order valence-corrected chi connectivity index (χ2v) is 5.99. The highest BCUT2D eigenvalue weighted by molar-refractivity contribution is 6.18. The van der Waals surface area contributed by atoms with Gasteiger partial charge in [0.1, 0.15) is 5.75 Å². The van der Waals surface area contributed by atoms with Crippen LogP contribution in [0.5, 0.6) is 5.75 Å². The largest absolute Gasteiger partial charge is 0.493 e. The zero-order chi connectivity index (χ0) is 14.5. The molecule has 0 saturated heterocycles. The smallest absolute Gasteiger partial charge is 0.166 e. The van der Waals surface area contributed by atoms with Gasteiger partial charge >= 0.3 is 0 Å². The number of ether oxygens (including phenoxy) is 1. The molecule has 0 bridgehead atoms. The van der Waals surface area contributed by atoms with Crippen LogP contribution < -0.4 is 4.74 Å². The molecule has 0 amide bonds. The molecular weight excluding hydrogens is 260 g/mol. The maximum Gasteiger partial charge on any atom is 0.166 e. The van der Waals surface area contributed by atoms with E-state index >= 15 is 0 Å². The van der Waals surface area contributed by atoms with Gasteiger partial charge in [0.25, 0.3) is 0 Å².